The van der Waals surface area contributed by atoms with Crippen LogP contribution >= 0.6 is 0 Å². The van der Waals surface area contributed by atoms with Gasteiger partial charge in [0.05, 0.1) is 17.5 Å². The number of aliphatic hydroxyl groups is 1. The summed E-state index contributed by atoms with van der Waals surface area (Å²) >= 11 is 0. The van der Waals surface area contributed by atoms with Gasteiger partial charge in [-0.25, -0.2) is 0 Å². The van der Waals surface area contributed by atoms with E-state index in [0.29, 0.717) is 12.5 Å². The molecule has 2 aromatic heterocycles. The number of rotatable bonds is 5. The van der Waals surface area contributed by atoms with E-state index in [0.717, 1.165) is 42.4 Å². The minimum Gasteiger partial charge on any atom is -0.391 e. The molecule has 0 bridgehead atoms. The Bertz CT molecular complexity index is 619. The molecule has 2 N–H and O–H groups in total. The van der Waals surface area contributed by atoms with Gasteiger partial charge in [-0.1, -0.05) is 19.0 Å². The number of nitrogens with zero attached hydrogens (tertiary/aromatic N) is 3. The second kappa shape index (κ2) is 6.22. The molecule has 2 unspecified atom stereocenters. The van der Waals surface area contributed by atoms with Gasteiger partial charge in [0.15, 0.2) is 0 Å². The maximum Gasteiger partial charge on any atom is 0.139 e. The van der Waals surface area contributed by atoms with Crippen LogP contribution in [-0.2, 0) is 13.0 Å². The van der Waals surface area contributed by atoms with Gasteiger partial charge in [0.2, 0.25) is 0 Å². The number of hydrogen-bond acceptors (Lipinski definition) is 5. The van der Waals surface area contributed by atoms with E-state index in [9.17, 15) is 5.11 Å². The second-order valence-electron chi connectivity index (χ2n) is 6.64. The minimum atomic E-state index is -0.312. The van der Waals surface area contributed by atoms with Crippen molar-refractivity contribution in [2.45, 2.75) is 45.8 Å². The molecule has 2 atom stereocenters. The van der Waals surface area contributed by atoms with E-state index in [2.05, 4.69) is 34.1 Å². The van der Waals surface area contributed by atoms with E-state index in [1.807, 2.05) is 19.1 Å². The van der Waals surface area contributed by atoms with E-state index in [1.54, 1.807) is 0 Å². The predicted octanol–water partition coefficient (Wildman–Crippen LogP) is 1.86. The zero-order valence-electron chi connectivity index (χ0n) is 13.4. The number of aromatic nitrogens is 3. The van der Waals surface area contributed by atoms with Crippen molar-refractivity contribution in [3.63, 3.8) is 0 Å². The van der Waals surface area contributed by atoms with Crippen molar-refractivity contribution < 1.29 is 9.63 Å². The largest absolute Gasteiger partial charge is 0.391 e. The average molecular weight is 304 g/mol. The summed E-state index contributed by atoms with van der Waals surface area (Å²) in [6.45, 7) is 8.43. The smallest absolute Gasteiger partial charge is 0.139 e. The lowest BCUT2D eigenvalue weighted by Gasteiger charge is -2.13. The summed E-state index contributed by atoms with van der Waals surface area (Å²) in [5.74, 6) is 1.48. The molecule has 3 heterocycles. The molecule has 0 spiro atoms. The molecule has 6 heteroatoms. The minimum absolute atomic E-state index is 0.221. The van der Waals surface area contributed by atoms with Gasteiger partial charge in [0.25, 0.3) is 0 Å². The van der Waals surface area contributed by atoms with Crippen molar-refractivity contribution >= 4 is 0 Å². The number of β-amino-alcohol motifs (C(OH)–C–C–N with tert-alkyl or cyclic N) is 1. The maximum absolute atomic E-state index is 10.3. The van der Waals surface area contributed by atoms with Crippen LogP contribution < -0.4 is 0 Å². The fourth-order valence-electron chi connectivity index (χ4n) is 3.02. The van der Waals surface area contributed by atoms with Gasteiger partial charge in [-0.3, -0.25) is 10.00 Å². The van der Waals surface area contributed by atoms with Gasteiger partial charge >= 0.3 is 0 Å². The normalized spacial score (nSPS) is 22.8. The first-order chi connectivity index (χ1) is 10.5. The van der Waals surface area contributed by atoms with Crippen LogP contribution in [0.4, 0.5) is 0 Å². The number of H-pyrrole nitrogens is 1. The van der Waals surface area contributed by atoms with Crippen LogP contribution in [0.15, 0.2) is 16.7 Å². The number of aliphatic hydroxyl groups excluding tert-OH is 1. The molecule has 120 valence electrons. The molecular formula is C16H24N4O2. The van der Waals surface area contributed by atoms with Gasteiger partial charge in [0, 0.05) is 43.2 Å². The van der Waals surface area contributed by atoms with Gasteiger partial charge in [-0.2, -0.15) is 5.10 Å². The first-order valence-electron chi connectivity index (χ1n) is 7.88. The molecule has 1 fully saturated rings. The Morgan fingerprint density at radius 2 is 2.18 bits per heavy atom. The standard InChI is InChI=1S/C16H24N4O2/c1-10(2)16-6-14(19-22-16)8-20-7-12(15(21)9-20)5-13-4-11(3)17-18-13/h4,6,10,12,15,21H,5,7-9H2,1-3H3,(H,17,18). The van der Waals surface area contributed by atoms with Crippen LogP contribution in [0.25, 0.3) is 0 Å². The Hall–Kier alpha value is -1.66. The van der Waals surface area contributed by atoms with E-state index >= 15 is 0 Å². The summed E-state index contributed by atoms with van der Waals surface area (Å²) < 4.78 is 5.34. The van der Waals surface area contributed by atoms with Gasteiger partial charge in [-0.15, -0.1) is 0 Å². The zero-order chi connectivity index (χ0) is 15.7. The lowest BCUT2D eigenvalue weighted by Crippen LogP contribution is -2.21. The zero-order valence-corrected chi connectivity index (χ0v) is 13.4. The first-order valence-corrected chi connectivity index (χ1v) is 7.88. The second-order valence-corrected chi connectivity index (χ2v) is 6.64. The third-order valence-electron chi connectivity index (χ3n) is 4.24. The van der Waals surface area contributed by atoms with Crippen LogP contribution in [0.1, 0.15) is 42.6 Å². The average Bonchev–Trinajstić information content (AvgIpc) is 3.14. The molecule has 1 aliphatic rings. The molecule has 6 nitrogen and oxygen atoms in total. The van der Waals surface area contributed by atoms with Crippen molar-refractivity contribution in [3.05, 3.63) is 35.0 Å². The number of nitrogens with one attached hydrogen (secondary N) is 1. The van der Waals surface area contributed by atoms with Crippen molar-refractivity contribution in [3.8, 4) is 0 Å². The fourth-order valence-corrected chi connectivity index (χ4v) is 3.02. The topological polar surface area (TPSA) is 78.2 Å². The molecule has 3 rings (SSSR count). The highest BCUT2D eigenvalue weighted by molar-refractivity contribution is 5.10. The summed E-state index contributed by atoms with van der Waals surface area (Å²) in [7, 11) is 0. The predicted molar refractivity (Wildman–Crippen MR) is 82.4 cm³/mol. The lowest BCUT2D eigenvalue weighted by molar-refractivity contribution is 0.140. The van der Waals surface area contributed by atoms with E-state index in [-0.39, 0.29) is 12.0 Å². The van der Waals surface area contributed by atoms with Crippen molar-refractivity contribution in [1.29, 1.82) is 0 Å². The van der Waals surface area contributed by atoms with Gasteiger partial charge in [0.1, 0.15) is 5.76 Å². The van der Waals surface area contributed by atoms with Crippen LogP contribution in [0.5, 0.6) is 0 Å². The lowest BCUT2D eigenvalue weighted by atomic mass is 10.0. The Balaban J connectivity index is 1.57. The maximum atomic E-state index is 10.3. The summed E-state index contributed by atoms with van der Waals surface area (Å²) in [5.41, 5.74) is 3.02. The Morgan fingerprint density at radius 3 is 2.82 bits per heavy atom. The highest BCUT2D eigenvalue weighted by Crippen LogP contribution is 2.23. The number of aromatic amines is 1. The van der Waals surface area contributed by atoms with Crippen LogP contribution in [0.3, 0.4) is 0 Å². The molecule has 0 radical (unpaired) electrons. The van der Waals surface area contributed by atoms with E-state index in [4.69, 9.17) is 4.52 Å². The monoisotopic (exact) mass is 304 g/mol. The Morgan fingerprint density at radius 1 is 1.36 bits per heavy atom. The van der Waals surface area contributed by atoms with Crippen LogP contribution in [0.2, 0.25) is 0 Å². The third kappa shape index (κ3) is 3.39. The molecule has 0 aliphatic carbocycles. The van der Waals surface area contributed by atoms with E-state index in [1.165, 1.54) is 0 Å². The molecule has 1 saturated heterocycles. The number of aryl methyl sites for hydroxylation is 1. The van der Waals surface area contributed by atoms with Crippen molar-refractivity contribution in [1.82, 2.24) is 20.3 Å². The van der Waals surface area contributed by atoms with Crippen LogP contribution in [-0.4, -0.2) is 44.6 Å². The Labute approximate surface area is 130 Å². The Kier molecular flexibility index (Phi) is 4.31. The molecule has 0 saturated carbocycles. The SMILES string of the molecule is Cc1cc(CC2CN(Cc3cc(C(C)C)on3)CC2O)n[nH]1. The molecule has 0 amide bonds. The quantitative estimate of drug-likeness (QED) is 0.881. The molecule has 0 aromatic carbocycles. The number of likely N-dealkylation sites (tertiary alicyclic amines) is 1. The van der Waals surface area contributed by atoms with E-state index < -0.39 is 0 Å². The third-order valence-corrected chi connectivity index (χ3v) is 4.24. The molecule has 1 aliphatic heterocycles. The number of hydrogen-bond donors (Lipinski definition) is 2. The fraction of sp³-hybridized carbons (Fsp3) is 0.625. The summed E-state index contributed by atoms with van der Waals surface area (Å²) in [6.07, 6.45) is 0.492. The summed E-state index contributed by atoms with van der Waals surface area (Å²) in [5, 5.41) is 21.6. The molecule has 2 aromatic rings. The molecule has 22 heavy (non-hydrogen) atoms. The highest BCUT2D eigenvalue weighted by Gasteiger charge is 2.32. The first kappa shape index (κ1) is 15.2. The summed E-state index contributed by atoms with van der Waals surface area (Å²) in [4.78, 5) is 2.23. The van der Waals surface area contributed by atoms with Gasteiger partial charge < -0.3 is 9.63 Å². The van der Waals surface area contributed by atoms with Crippen molar-refractivity contribution in [2.24, 2.45) is 5.92 Å². The highest BCUT2D eigenvalue weighted by atomic mass is 16.5. The van der Waals surface area contributed by atoms with Crippen LogP contribution in [0, 0.1) is 12.8 Å². The van der Waals surface area contributed by atoms with Gasteiger partial charge in [-0.05, 0) is 19.4 Å². The van der Waals surface area contributed by atoms with Crippen molar-refractivity contribution in [2.75, 3.05) is 13.1 Å². The molecular weight excluding hydrogens is 280 g/mol. The summed E-state index contributed by atoms with van der Waals surface area (Å²) in [6, 6.07) is 4.06.